The first-order valence-electron chi connectivity index (χ1n) is 11.7. The molecule has 1 N–H and O–H groups in total. The lowest BCUT2D eigenvalue weighted by molar-refractivity contribution is 0.143. The van der Waals surface area contributed by atoms with E-state index in [1.807, 2.05) is 48.5 Å². The highest BCUT2D eigenvalue weighted by Gasteiger charge is 2.23. The predicted octanol–water partition coefficient (Wildman–Crippen LogP) is 5.09. The summed E-state index contributed by atoms with van der Waals surface area (Å²) in [6, 6.07) is 18.4. The Kier molecular flexibility index (Phi) is 6.83. The van der Waals surface area contributed by atoms with Crippen LogP contribution in [0, 0.1) is 11.6 Å². The lowest BCUT2D eigenvalue weighted by Gasteiger charge is -2.36. The summed E-state index contributed by atoms with van der Waals surface area (Å²) in [4.78, 5) is 13.0. The predicted molar refractivity (Wildman–Crippen MR) is 135 cm³/mol. The molecule has 1 aromatic heterocycles. The quantitative estimate of drug-likeness (QED) is 0.402. The van der Waals surface area contributed by atoms with Gasteiger partial charge in [-0.2, -0.15) is 0 Å². The second-order valence-electron chi connectivity index (χ2n) is 8.54. The van der Waals surface area contributed by atoms with Gasteiger partial charge in [-0.25, -0.2) is 18.7 Å². The van der Waals surface area contributed by atoms with Crippen molar-refractivity contribution in [2.45, 2.75) is 0 Å². The standard InChI is InChI=1S/C27H27F2N5O/c1-35-15-14-33-10-12-34(13-11-33)26-23(28)16-21(17-24(26)29)31-27-30-18-20-8-5-9-22(25(20)32-27)19-6-3-2-4-7-19/h2-9,16-18H,10-15H2,1H3,(H,30,31,32). The van der Waals surface area contributed by atoms with E-state index in [4.69, 9.17) is 4.74 Å². The highest BCUT2D eigenvalue weighted by molar-refractivity contribution is 5.93. The van der Waals surface area contributed by atoms with Gasteiger partial charge in [0.1, 0.15) is 5.69 Å². The number of hydrogen-bond donors (Lipinski definition) is 1. The highest BCUT2D eigenvalue weighted by Crippen LogP contribution is 2.31. The van der Waals surface area contributed by atoms with Crippen LogP contribution in [0.2, 0.25) is 0 Å². The van der Waals surface area contributed by atoms with Crippen LogP contribution in [0.3, 0.4) is 0 Å². The summed E-state index contributed by atoms with van der Waals surface area (Å²) in [5.41, 5.74) is 3.03. The topological polar surface area (TPSA) is 53.5 Å². The number of nitrogens with one attached hydrogen (secondary N) is 1. The number of hydrogen-bond acceptors (Lipinski definition) is 6. The molecule has 0 unspecified atom stereocenters. The molecule has 1 aliphatic heterocycles. The first-order chi connectivity index (χ1) is 17.1. The summed E-state index contributed by atoms with van der Waals surface area (Å²) in [7, 11) is 1.67. The Morgan fingerprint density at radius 3 is 2.40 bits per heavy atom. The summed E-state index contributed by atoms with van der Waals surface area (Å²) >= 11 is 0. The minimum Gasteiger partial charge on any atom is -0.383 e. The Morgan fingerprint density at radius 1 is 0.943 bits per heavy atom. The third-order valence-electron chi connectivity index (χ3n) is 6.27. The van der Waals surface area contributed by atoms with Crippen LogP contribution in [0.1, 0.15) is 0 Å². The number of nitrogens with zero attached hydrogens (tertiary/aromatic N) is 4. The first kappa shape index (κ1) is 23.1. The monoisotopic (exact) mass is 475 g/mol. The van der Waals surface area contributed by atoms with Crippen LogP contribution in [-0.2, 0) is 4.74 Å². The molecule has 2 heterocycles. The molecule has 1 aliphatic rings. The van der Waals surface area contributed by atoms with Crippen molar-refractivity contribution in [2.75, 3.05) is 56.7 Å². The summed E-state index contributed by atoms with van der Waals surface area (Å²) in [6.07, 6.45) is 1.71. The molecule has 1 saturated heterocycles. The molecule has 6 nitrogen and oxygen atoms in total. The van der Waals surface area contributed by atoms with Gasteiger partial charge in [-0.15, -0.1) is 0 Å². The van der Waals surface area contributed by atoms with Crippen molar-refractivity contribution in [1.82, 2.24) is 14.9 Å². The summed E-state index contributed by atoms with van der Waals surface area (Å²) < 4.78 is 35.2. The molecule has 0 aliphatic carbocycles. The number of halogens is 2. The van der Waals surface area contributed by atoms with Gasteiger partial charge >= 0.3 is 0 Å². The Bertz CT molecular complexity index is 1290. The molecule has 8 heteroatoms. The molecule has 180 valence electrons. The molecule has 1 fully saturated rings. The number of rotatable bonds is 7. The van der Waals surface area contributed by atoms with E-state index in [1.54, 1.807) is 18.2 Å². The molecular formula is C27H27F2N5O. The van der Waals surface area contributed by atoms with Gasteiger partial charge in [-0.1, -0.05) is 48.5 Å². The zero-order valence-electron chi connectivity index (χ0n) is 19.5. The summed E-state index contributed by atoms with van der Waals surface area (Å²) in [5.74, 6) is -0.939. The van der Waals surface area contributed by atoms with Gasteiger partial charge in [-0.3, -0.25) is 4.90 Å². The maximum absolute atomic E-state index is 15.0. The van der Waals surface area contributed by atoms with Gasteiger partial charge in [0.2, 0.25) is 5.95 Å². The van der Waals surface area contributed by atoms with Crippen LogP contribution in [0.15, 0.2) is 66.9 Å². The molecule has 4 aromatic rings. The smallest absolute Gasteiger partial charge is 0.227 e. The Balaban J connectivity index is 1.37. The molecule has 0 saturated carbocycles. The molecule has 5 rings (SSSR count). The Morgan fingerprint density at radius 2 is 1.69 bits per heavy atom. The minimum atomic E-state index is -0.608. The number of para-hydroxylation sites is 1. The zero-order valence-corrected chi connectivity index (χ0v) is 19.5. The van der Waals surface area contributed by atoms with E-state index in [1.165, 1.54) is 12.1 Å². The highest BCUT2D eigenvalue weighted by atomic mass is 19.1. The van der Waals surface area contributed by atoms with Gasteiger partial charge < -0.3 is 15.0 Å². The first-order valence-corrected chi connectivity index (χ1v) is 11.7. The lowest BCUT2D eigenvalue weighted by atomic mass is 10.0. The number of piperazine rings is 1. The fraction of sp³-hybridized carbons (Fsp3) is 0.259. The average molecular weight is 476 g/mol. The fourth-order valence-electron chi connectivity index (χ4n) is 4.45. The fourth-order valence-corrected chi connectivity index (χ4v) is 4.45. The molecule has 0 atom stereocenters. The second-order valence-corrected chi connectivity index (χ2v) is 8.54. The van der Waals surface area contributed by atoms with E-state index in [2.05, 4.69) is 20.2 Å². The van der Waals surface area contributed by atoms with Crippen molar-refractivity contribution in [1.29, 1.82) is 0 Å². The SMILES string of the molecule is COCCN1CCN(c2c(F)cc(Nc3ncc4cccc(-c5ccccc5)c4n3)cc2F)CC1. The number of fused-ring (bicyclic) bond motifs is 1. The Hall–Kier alpha value is -3.62. The molecular weight excluding hydrogens is 448 g/mol. The van der Waals surface area contributed by atoms with E-state index >= 15 is 8.78 Å². The largest absolute Gasteiger partial charge is 0.383 e. The van der Waals surface area contributed by atoms with Gasteiger partial charge in [0, 0.05) is 62.7 Å². The molecule has 35 heavy (non-hydrogen) atoms. The van der Waals surface area contributed by atoms with Crippen molar-refractivity contribution in [3.05, 3.63) is 78.5 Å². The number of methoxy groups -OCH3 is 1. The molecule has 0 amide bonds. The van der Waals surface area contributed by atoms with Gasteiger partial charge in [0.15, 0.2) is 11.6 Å². The van der Waals surface area contributed by atoms with E-state index in [0.717, 1.165) is 41.7 Å². The Labute approximate surface area is 203 Å². The summed E-state index contributed by atoms with van der Waals surface area (Å²) in [5, 5.41) is 3.86. The van der Waals surface area contributed by atoms with Crippen LogP contribution >= 0.6 is 0 Å². The van der Waals surface area contributed by atoms with Crippen LogP contribution in [0.5, 0.6) is 0 Å². The van der Waals surface area contributed by atoms with Crippen LogP contribution in [-0.4, -0.2) is 61.3 Å². The van der Waals surface area contributed by atoms with E-state index < -0.39 is 11.6 Å². The lowest BCUT2D eigenvalue weighted by Crippen LogP contribution is -2.47. The van der Waals surface area contributed by atoms with Crippen LogP contribution in [0.4, 0.5) is 26.1 Å². The van der Waals surface area contributed by atoms with Gasteiger partial charge in [0.05, 0.1) is 12.1 Å². The minimum absolute atomic E-state index is 0.00716. The zero-order chi connectivity index (χ0) is 24.2. The molecule has 0 spiro atoms. The van der Waals surface area contributed by atoms with E-state index in [0.29, 0.717) is 19.7 Å². The molecule has 0 bridgehead atoms. The number of anilines is 3. The van der Waals surface area contributed by atoms with Crippen molar-refractivity contribution in [2.24, 2.45) is 0 Å². The molecule has 0 radical (unpaired) electrons. The van der Waals surface area contributed by atoms with Gasteiger partial charge in [0.25, 0.3) is 0 Å². The summed E-state index contributed by atoms with van der Waals surface area (Å²) in [6.45, 7) is 4.04. The molecule has 3 aromatic carbocycles. The van der Waals surface area contributed by atoms with Gasteiger partial charge in [-0.05, 0) is 17.7 Å². The maximum Gasteiger partial charge on any atom is 0.227 e. The third kappa shape index (κ3) is 5.08. The van der Waals surface area contributed by atoms with Crippen LogP contribution < -0.4 is 10.2 Å². The van der Waals surface area contributed by atoms with Crippen molar-refractivity contribution < 1.29 is 13.5 Å². The van der Waals surface area contributed by atoms with E-state index in [9.17, 15) is 0 Å². The number of ether oxygens (including phenoxy) is 1. The average Bonchev–Trinajstić information content (AvgIpc) is 2.88. The van der Waals surface area contributed by atoms with E-state index in [-0.39, 0.29) is 17.3 Å². The second kappa shape index (κ2) is 10.3. The number of aromatic nitrogens is 2. The van der Waals surface area contributed by atoms with Crippen molar-refractivity contribution in [3.63, 3.8) is 0 Å². The van der Waals surface area contributed by atoms with Crippen LogP contribution in [0.25, 0.3) is 22.0 Å². The maximum atomic E-state index is 15.0. The van der Waals surface area contributed by atoms with Crippen molar-refractivity contribution in [3.8, 4) is 11.1 Å². The third-order valence-corrected chi connectivity index (χ3v) is 6.27. The number of benzene rings is 3. The van der Waals surface area contributed by atoms with Crippen molar-refractivity contribution >= 4 is 28.2 Å². The normalized spacial score (nSPS) is 14.4.